The zero-order valence-corrected chi connectivity index (χ0v) is 29.0. The molecule has 5 N–H and O–H groups in total. The molecule has 0 aliphatic carbocycles. The van der Waals surface area contributed by atoms with E-state index in [9.17, 15) is 19.2 Å². The molecule has 2 unspecified atom stereocenters. The van der Waals surface area contributed by atoms with Crippen LogP contribution in [-0.2, 0) is 23.7 Å². The fourth-order valence-electron chi connectivity index (χ4n) is 1.90. The lowest BCUT2D eigenvalue weighted by molar-refractivity contribution is 0.0509. The van der Waals surface area contributed by atoms with Gasteiger partial charge in [0.05, 0.1) is 0 Å². The van der Waals surface area contributed by atoms with Crippen LogP contribution in [0.25, 0.3) is 0 Å². The monoisotopic (exact) mass is 670 g/mol. The minimum Gasteiger partial charge on any atom is -0.444 e. The number of ether oxygens (including phenoxy) is 5. The summed E-state index contributed by atoms with van der Waals surface area (Å²) in [6.07, 6.45) is -1.43. The molecule has 0 aromatic heterocycles. The van der Waals surface area contributed by atoms with Gasteiger partial charge in [0.2, 0.25) is 0 Å². The minimum absolute atomic E-state index is 0.0559. The quantitative estimate of drug-likeness (QED) is 0.120. The number of carbonyl (C=O) groups is 4. The van der Waals surface area contributed by atoms with Crippen LogP contribution in [0, 0.1) is 11.8 Å². The lowest BCUT2D eigenvalue weighted by atomic mass is 10.2. The Morgan fingerprint density at radius 3 is 1.29 bits per heavy atom. The number of alkyl carbamates (subject to hydrolysis) is 3. The largest absolute Gasteiger partial charge is 0.444 e. The Kier molecular flexibility index (Phi) is 32.6. The number of amides is 3. The second-order valence-electron chi connectivity index (χ2n) is 10.4. The van der Waals surface area contributed by atoms with Gasteiger partial charge >= 0.3 is 23.7 Å². The van der Waals surface area contributed by atoms with E-state index in [0.29, 0.717) is 26.2 Å². The van der Waals surface area contributed by atoms with E-state index in [1.54, 1.807) is 20.8 Å². The number of nitrogens with one attached hydrogen (secondary N) is 3. The van der Waals surface area contributed by atoms with Gasteiger partial charge in [-0.15, -0.1) is 0 Å². The Bertz CT molecular complexity index is 705. The summed E-state index contributed by atoms with van der Waals surface area (Å²) >= 11 is 14.7. The van der Waals surface area contributed by atoms with E-state index in [2.05, 4.69) is 37.0 Å². The van der Waals surface area contributed by atoms with Crippen molar-refractivity contribution in [2.45, 2.75) is 80.4 Å². The number of hydrogen-bond acceptors (Lipinski definition) is 10. The molecule has 2 atom stereocenters. The third-order valence-corrected chi connectivity index (χ3v) is 4.07. The number of nitrogens with two attached hydrogens (primary N) is 1. The molecule has 0 rings (SSSR count). The third-order valence-electron chi connectivity index (χ3n) is 3.75. The molecule has 0 aliphatic rings. The average Bonchev–Trinajstić information content (AvgIpc) is 2.84. The van der Waals surface area contributed by atoms with Gasteiger partial charge in [0.15, 0.2) is 12.1 Å². The van der Waals surface area contributed by atoms with E-state index in [1.165, 1.54) is 0 Å². The predicted molar refractivity (Wildman–Crippen MR) is 166 cm³/mol. The first-order valence-electron chi connectivity index (χ1n) is 13.3. The second-order valence-corrected chi connectivity index (χ2v) is 11.2. The fraction of sp³-hybridized carbons (Fsp3) is 0.846. The summed E-state index contributed by atoms with van der Waals surface area (Å²) in [5.41, 5.74) is 3.57. The highest BCUT2D eigenvalue weighted by molar-refractivity contribution is 6.61. The van der Waals surface area contributed by atoms with E-state index in [-0.39, 0.29) is 30.1 Å². The molecule has 0 saturated heterocycles. The van der Waals surface area contributed by atoms with Gasteiger partial charge in [-0.05, 0) is 73.8 Å². The van der Waals surface area contributed by atoms with Gasteiger partial charge in [-0.25, -0.2) is 19.2 Å². The van der Waals surface area contributed by atoms with Gasteiger partial charge in [0.1, 0.15) is 11.2 Å². The van der Waals surface area contributed by atoms with Gasteiger partial charge in [-0.3, -0.25) is 0 Å². The Morgan fingerprint density at radius 1 is 0.690 bits per heavy atom. The van der Waals surface area contributed by atoms with Crippen molar-refractivity contribution in [3.8, 4) is 0 Å². The van der Waals surface area contributed by atoms with Crippen LogP contribution >= 0.6 is 34.8 Å². The molecule has 42 heavy (non-hydrogen) atoms. The molecule has 0 radical (unpaired) electrons. The molecule has 16 heteroatoms. The molecular formula is C26H53Cl3N4O9. The summed E-state index contributed by atoms with van der Waals surface area (Å²) in [4.78, 5) is 42.9. The smallest absolute Gasteiger partial charge is 0.408 e. The molecular weight excluding hydrogens is 619 g/mol. The number of carbonyl (C=O) groups excluding carboxylic acids is 4. The Labute approximate surface area is 266 Å². The van der Waals surface area contributed by atoms with Crippen LogP contribution in [-0.4, -0.2) is 86.4 Å². The summed E-state index contributed by atoms with van der Waals surface area (Å²) in [5.74, 6) is 0.341. The Balaban J connectivity index is -0.000000260. The molecule has 3 amide bonds. The number of alkyl halides is 2. The van der Waals surface area contributed by atoms with E-state index in [1.807, 2.05) is 48.5 Å². The maximum atomic E-state index is 11.3. The summed E-state index contributed by atoms with van der Waals surface area (Å²) in [6, 6.07) is -0.362. The highest BCUT2D eigenvalue weighted by Crippen LogP contribution is 2.07. The van der Waals surface area contributed by atoms with E-state index < -0.39 is 28.8 Å². The number of hydrogen-bond donors (Lipinski definition) is 4. The molecule has 0 bridgehead atoms. The summed E-state index contributed by atoms with van der Waals surface area (Å²) < 4.78 is 23.4. The summed E-state index contributed by atoms with van der Waals surface area (Å²) in [5, 5.41) is 7.78. The summed E-state index contributed by atoms with van der Waals surface area (Å²) in [7, 11) is 0. The number of halogens is 3. The van der Waals surface area contributed by atoms with E-state index in [4.69, 9.17) is 43.1 Å². The molecule has 0 heterocycles. The Morgan fingerprint density at radius 2 is 1.05 bits per heavy atom. The maximum Gasteiger partial charge on any atom is 0.408 e. The standard InChI is InChI=1S/C11H21ClN2O4.C9H20N2O2.C4H10O.C2H2Cl2O2/c1-8(5-13-9(15)17-7-12)6-14-10(16)18-11(2,3)4;1-7(5-10)6-11-8(12)13-9(2,3)4;1-3-5-4-2;3-1-6-2(4)5/h8H,5-7H2,1-4H3,(H,13,15)(H,14,16);7H,5-6,10H2,1-4H3,(H,11,12);3-4H2,1-2H3;1H2. The van der Waals surface area contributed by atoms with Crippen molar-refractivity contribution in [3.63, 3.8) is 0 Å². The van der Waals surface area contributed by atoms with Gasteiger partial charge in [-0.2, -0.15) is 0 Å². The lowest BCUT2D eigenvalue weighted by Crippen LogP contribution is -2.38. The average molecular weight is 672 g/mol. The van der Waals surface area contributed by atoms with Gasteiger partial charge < -0.3 is 45.4 Å². The van der Waals surface area contributed by atoms with Crippen LogP contribution in [0.2, 0.25) is 0 Å². The van der Waals surface area contributed by atoms with Crippen molar-refractivity contribution in [1.82, 2.24) is 16.0 Å². The Hall–Kier alpha value is -1.93. The van der Waals surface area contributed by atoms with Crippen LogP contribution in [0.3, 0.4) is 0 Å². The van der Waals surface area contributed by atoms with Crippen molar-refractivity contribution in [3.05, 3.63) is 0 Å². The molecule has 0 aliphatic heterocycles. The summed E-state index contributed by atoms with van der Waals surface area (Å²) in [6.45, 7) is 22.3. The van der Waals surface area contributed by atoms with Gasteiger partial charge in [0, 0.05) is 44.4 Å². The molecule has 0 spiro atoms. The highest BCUT2D eigenvalue weighted by Gasteiger charge is 2.17. The second kappa shape index (κ2) is 29.2. The lowest BCUT2D eigenvalue weighted by Gasteiger charge is -2.20. The zero-order valence-electron chi connectivity index (χ0n) is 26.7. The van der Waals surface area contributed by atoms with Crippen LogP contribution < -0.4 is 21.7 Å². The van der Waals surface area contributed by atoms with Crippen LogP contribution in [0.4, 0.5) is 19.2 Å². The maximum absolute atomic E-state index is 11.3. The van der Waals surface area contributed by atoms with Crippen molar-refractivity contribution < 1.29 is 42.9 Å². The van der Waals surface area contributed by atoms with Crippen molar-refractivity contribution in [2.24, 2.45) is 17.6 Å². The fourth-order valence-corrected chi connectivity index (χ4v) is 2.21. The molecule has 13 nitrogen and oxygen atoms in total. The predicted octanol–water partition coefficient (Wildman–Crippen LogP) is 5.78. The highest BCUT2D eigenvalue weighted by atomic mass is 35.5. The molecule has 0 aromatic rings. The molecule has 0 saturated carbocycles. The van der Waals surface area contributed by atoms with Crippen LogP contribution in [0.15, 0.2) is 0 Å². The van der Waals surface area contributed by atoms with Crippen LogP contribution in [0.1, 0.15) is 69.2 Å². The SMILES string of the molecule is CC(CN)CNC(=O)OC(C)(C)C.CC(CNC(=O)OCCl)CNC(=O)OC(C)(C)C.CCOCC.O=C(Cl)OCCl. The zero-order chi connectivity index (χ0) is 33.8. The first kappa shape index (κ1) is 47.0. The first-order chi connectivity index (χ1) is 19.3. The van der Waals surface area contributed by atoms with Crippen molar-refractivity contribution in [2.75, 3.05) is 51.5 Å². The third kappa shape index (κ3) is 47.8. The molecule has 0 aromatic carbocycles. The van der Waals surface area contributed by atoms with Crippen molar-refractivity contribution >= 4 is 58.5 Å². The van der Waals surface area contributed by atoms with Crippen molar-refractivity contribution in [1.29, 1.82) is 0 Å². The normalized spacial score (nSPS) is 11.7. The number of rotatable bonds is 11. The topological polar surface area (TPSA) is 177 Å². The van der Waals surface area contributed by atoms with Gasteiger partial charge in [0.25, 0.3) is 0 Å². The molecule has 0 fully saturated rings. The van der Waals surface area contributed by atoms with E-state index >= 15 is 0 Å². The van der Waals surface area contributed by atoms with Crippen LogP contribution in [0.5, 0.6) is 0 Å². The van der Waals surface area contributed by atoms with Gasteiger partial charge in [-0.1, -0.05) is 37.0 Å². The minimum atomic E-state index is -0.870. The van der Waals surface area contributed by atoms with E-state index in [0.717, 1.165) is 13.2 Å². The molecule has 252 valence electrons. The first-order valence-corrected chi connectivity index (χ1v) is 14.8.